The van der Waals surface area contributed by atoms with E-state index < -0.39 is 0 Å². The highest BCUT2D eigenvalue weighted by atomic mass is 127. The lowest BCUT2D eigenvalue weighted by Gasteiger charge is -2.55. The Morgan fingerprint density at radius 2 is 1.86 bits per heavy atom. The zero-order valence-electron chi connectivity index (χ0n) is 8.95. The lowest BCUT2D eigenvalue weighted by atomic mass is 9.56. The molecule has 2 aliphatic carbocycles. The average molecular weight is 305 g/mol. The fraction of sp³-hybridized carbons (Fsp3) is 1.00. The van der Waals surface area contributed by atoms with E-state index in [-0.39, 0.29) is 0 Å². The molecule has 0 aromatic heterocycles. The van der Waals surface area contributed by atoms with Crippen molar-refractivity contribution in [1.29, 1.82) is 0 Å². The Hall–Kier alpha value is 0.690. The minimum Gasteiger partial charge on any atom is -0.244 e. The van der Waals surface area contributed by atoms with Crippen LogP contribution in [-0.2, 0) is 0 Å². The fourth-order valence-electron chi connectivity index (χ4n) is 4.44. The van der Waals surface area contributed by atoms with Crippen molar-refractivity contribution in [3.63, 3.8) is 0 Å². The molecule has 2 heteroatoms. The average Bonchev–Trinajstić information content (AvgIpc) is 2.18. The molecule has 0 aromatic carbocycles. The van der Waals surface area contributed by atoms with E-state index in [1.807, 2.05) is 0 Å². The molecule has 4 bridgehead atoms. The summed E-state index contributed by atoms with van der Waals surface area (Å²) in [5.41, 5.74) is 0. The number of halogens is 1. The van der Waals surface area contributed by atoms with Gasteiger partial charge in [0.15, 0.2) is 0 Å². The van der Waals surface area contributed by atoms with Crippen LogP contribution in [0.25, 0.3) is 0 Å². The van der Waals surface area contributed by atoms with E-state index in [4.69, 9.17) is 0 Å². The predicted molar refractivity (Wildman–Crippen MR) is 67.2 cm³/mol. The second-order valence-corrected chi connectivity index (χ2v) is 6.85. The highest BCUT2D eigenvalue weighted by molar-refractivity contribution is 14.1. The third kappa shape index (κ3) is 1.36. The van der Waals surface area contributed by atoms with Gasteiger partial charge in [-0.1, -0.05) is 13.3 Å². The number of hydrogen-bond donors (Lipinski definition) is 0. The van der Waals surface area contributed by atoms with Crippen LogP contribution >= 0.6 is 22.9 Å². The molecule has 0 amide bonds. The first-order valence-corrected chi connectivity index (χ1v) is 7.16. The van der Waals surface area contributed by atoms with Gasteiger partial charge in [0, 0.05) is 35.5 Å². The molecule has 14 heavy (non-hydrogen) atoms. The van der Waals surface area contributed by atoms with Gasteiger partial charge in [-0.05, 0) is 49.4 Å². The van der Waals surface area contributed by atoms with E-state index in [0.29, 0.717) is 0 Å². The Morgan fingerprint density at radius 3 is 2.71 bits per heavy atom. The summed E-state index contributed by atoms with van der Waals surface area (Å²) >= 11 is 2.58. The van der Waals surface area contributed by atoms with Gasteiger partial charge in [0.25, 0.3) is 0 Å². The van der Waals surface area contributed by atoms with Gasteiger partial charge >= 0.3 is 0 Å². The Bertz CT molecular complexity index is 228. The normalized spacial score (nSPS) is 53.1. The minimum atomic E-state index is 0.931. The first-order chi connectivity index (χ1) is 6.77. The molecule has 0 spiro atoms. The lowest BCUT2D eigenvalue weighted by molar-refractivity contribution is -0.0330. The van der Waals surface area contributed by atoms with Gasteiger partial charge in [-0.2, -0.15) is 0 Å². The number of nitrogens with zero attached hydrogens (tertiary/aromatic N) is 1. The molecule has 3 rings (SSSR count). The molecule has 80 valence electrons. The topological polar surface area (TPSA) is 3.24 Å². The van der Waals surface area contributed by atoms with E-state index in [0.717, 1.165) is 29.7 Å². The molecular formula is C12H20IN. The Balaban J connectivity index is 1.89. The molecule has 1 aliphatic heterocycles. The van der Waals surface area contributed by atoms with Crippen molar-refractivity contribution < 1.29 is 0 Å². The van der Waals surface area contributed by atoms with Crippen LogP contribution in [0.2, 0.25) is 0 Å². The summed E-state index contributed by atoms with van der Waals surface area (Å²) in [6.07, 6.45) is 7.54. The van der Waals surface area contributed by atoms with Crippen LogP contribution in [0, 0.1) is 23.7 Å². The van der Waals surface area contributed by atoms with Crippen molar-refractivity contribution in [2.45, 2.75) is 45.1 Å². The number of rotatable bonds is 0. The van der Waals surface area contributed by atoms with Gasteiger partial charge in [0.05, 0.1) is 0 Å². The SMILES string of the molecule is CC1CC2C3CCCC1C3CCN2I. The van der Waals surface area contributed by atoms with Crippen molar-refractivity contribution in [3.8, 4) is 0 Å². The summed E-state index contributed by atoms with van der Waals surface area (Å²) in [7, 11) is 0. The summed E-state index contributed by atoms with van der Waals surface area (Å²) in [5.74, 6) is 4.26. The van der Waals surface area contributed by atoms with Gasteiger partial charge in [0.1, 0.15) is 0 Å². The van der Waals surface area contributed by atoms with Gasteiger partial charge in [-0.3, -0.25) is 0 Å². The van der Waals surface area contributed by atoms with Crippen LogP contribution in [-0.4, -0.2) is 15.7 Å². The number of piperidine rings is 1. The summed E-state index contributed by atoms with van der Waals surface area (Å²) in [5, 5.41) is 0. The Morgan fingerprint density at radius 1 is 1.07 bits per heavy atom. The first kappa shape index (κ1) is 9.88. The maximum absolute atomic E-state index is 2.62. The fourth-order valence-corrected chi connectivity index (χ4v) is 5.36. The smallest absolute Gasteiger partial charge is 0.0227 e. The van der Waals surface area contributed by atoms with Gasteiger partial charge in [-0.25, -0.2) is 3.11 Å². The van der Waals surface area contributed by atoms with E-state index in [1.165, 1.54) is 38.6 Å². The standard InChI is InChI=1S/C12H20IN/c1-8-7-12-11-4-2-3-9(8)10(11)5-6-14(12)13/h8-12H,2-7H2,1H3. The first-order valence-electron chi connectivity index (χ1n) is 6.20. The monoisotopic (exact) mass is 305 g/mol. The number of hydrogen-bond acceptors (Lipinski definition) is 1. The molecule has 1 heterocycles. The van der Waals surface area contributed by atoms with Gasteiger partial charge < -0.3 is 0 Å². The summed E-state index contributed by atoms with van der Waals surface area (Å²) in [6.45, 7) is 3.86. The molecular weight excluding hydrogens is 285 g/mol. The van der Waals surface area contributed by atoms with E-state index in [2.05, 4.69) is 32.9 Å². The molecule has 1 nitrogen and oxygen atoms in total. The van der Waals surface area contributed by atoms with Crippen molar-refractivity contribution in [3.05, 3.63) is 0 Å². The van der Waals surface area contributed by atoms with Crippen LogP contribution < -0.4 is 0 Å². The summed E-state index contributed by atoms with van der Waals surface area (Å²) in [4.78, 5) is 0. The zero-order valence-corrected chi connectivity index (χ0v) is 11.1. The molecule has 0 N–H and O–H groups in total. The third-order valence-corrected chi connectivity index (χ3v) is 6.25. The van der Waals surface area contributed by atoms with E-state index >= 15 is 0 Å². The van der Waals surface area contributed by atoms with Crippen molar-refractivity contribution in [2.75, 3.05) is 6.54 Å². The maximum Gasteiger partial charge on any atom is 0.0227 e. The van der Waals surface area contributed by atoms with Gasteiger partial charge in [-0.15, -0.1) is 0 Å². The summed E-state index contributed by atoms with van der Waals surface area (Å²) in [6, 6.07) is 0.931. The molecule has 2 saturated carbocycles. The second kappa shape index (κ2) is 3.62. The maximum atomic E-state index is 2.62. The predicted octanol–water partition coefficient (Wildman–Crippen LogP) is 3.48. The van der Waals surface area contributed by atoms with E-state index in [9.17, 15) is 0 Å². The Labute approximate surface area is 101 Å². The molecule has 5 atom stereocenters. The highest BCUT2D eigenvalue weighted by Gasteiger charge is 2.48. The van der Waals surface area contributed by atoms with Crippen LogP contribution in [0.3, 0.4) is 0 Å². The van der Waals surface area contributed by atoms with Crippen LogP contribution in [0.15, 0.2) is 0 Å². The Kier molecular flexibility index (Phi) is 2.55. The molecule has 0 aromatic rings. The molecule has 0 radical (unpaired) electrons. The molecule has 5 unspecified atom stereocenters. The third-order valence-electron chi connectivity index (χ3n) is 5.05. The van der Waals surface area contributed by atoms with Crippen LogP contribution in [0.1, 0.15) is 39.0 Å². The largest absolute Gasteiger partial charge is 0.244 e. The highest BCUT2D eigenvalue weighted by Crippen LogP contribution is 2.53. The molecule has 1 saturated heterocycles. The lowest BCUT2D eigenvalue weighted by Crippen LogP contribution is -2.54. The molecule has 3 fully saturated rings. The van der Waals surface area contributed by atoms with Gasteiger partial charge in [0.2, 0.25) is 0 Å². The zero-order chi connectivity index (χ0) is 9.71. The molecule has 3 aliphatic rings. The quantitative estimate of drug-likeness (QED) is 0.489. The van der Waals surface area contributed by atoms with Crippen molar-refractivity contribution in [1.82, 2.24) is 3.11 Å². The minimum absolute atomic E-state index is 0.931. The van der Waals surface area contributed by atoms with E-state index in [1.54, 1.807) is 0 Å². The van der Waals surface area contributed by atoms with Crippen molar-refractivity contribution >= 4 is 22.9 Å². The summed E-state index contributed by atoms with van der Waals surface area (Å²) < 4.78 is 2.62. The van der Waals surface area contributed by atoms with Crippen LogP contribution in [0.4, 0.5) is 0 Å². The van der Waals surface area contributed by atoms with Crippen LogP contribution in [0.5, 0.6) is 0 Å². The second-order valence-electron chi connectivity index (χ2n) is 5.61. The van der Waals surface area contributed by atoms with Crippen molar-refractivity contribution in [2.24, 2.45) is 23.7 Å².